The standard InChI is InChI=1S/C16H28N2O2/c1-5-7-15(13(4)19)18(6-2)16(20)11-17-12(3)10-14-8-9-14/h14-15,17H,3,5-11H2,1-2,4H3/t15-/m0/s1. The summed E-state index contributed by atoms with van der Waals surface area (Å²) in [6.07, 6.45) is 5.15. The molecule has 0 bridgehead atoms. The Balaban J connectivity index is 2.47. The van der Waals surface area contributed by atoms with Crippen molar-refractivity contribution in [2.45, 2.75) is 58.9 Å². The van der Waals surface area contributed by atoms with Gasteiger partial charge in [-0.2, -0.15) is 0 Å². The van der Waals surface area contributed by atoms with E-state index in [-0.39, 0.29) is 24.3 Å². The first-order valence-electron chi connectivity index (χ1n) is 7.71. The van der Waals surface area contributed by atoms with E-state index >= 15 is 0 Å². The quantitative estimate of drug-likeness (QED) is 0.669. The van der Waals surface area contributed by atoms with Crippen molar-refractivity contribution in [3.05, 3.63) is 12.3 Å². The van der Waals surface area contributed by atoms with Crippen LogP contribution in [0.15, 0.2) is 12.3 Å². The summed E-state index contributed by atoms with van der Waals surface area (Å²) >= 11 is 0. The zero-order chi connectivity index (χ0) is 15.1. The van der Waals surface area contributed by atoms with E-state index < -0.39 is 0 Å². The fraction of sp³-hybridized carbons (Fsp3) is 0.750. The number of allylic oxidation sites excluding steroid dienone is 1. The van der Waals surface area contributed by atoms with E-state index in [0.717, 1.165) is 30.9 Å². The number of ketones is 1. The van der Waals surface area contributed by atoms with E-state index in [9.17, 15) is 9.59 Å². The van der Waals surface area contributed by atoms with Gasteiger partial charge in [0.05, 0.1) is 12.6 Å². The van der Waals surface area contributed by atoms with Crippen LogP contribution < -0.4 is 5.32 Å². The Kier molecular flexibility index (Phi) is 6.76. The summed E-state index contributed by atoms with van der Waals surface area (Å²) in [4.78, 5) is 25.7. The van der Waals surface area contributed by atoms with Crippen LogP contribution in [-0.4, -0.2) is 35.7 Å². The lowest BCUT2D eigenvalue weighted by molar-refractivity contribution is -0.138. The van der Waals surface area contributed by atoms with Crippen LogP contribution in [0.25, 0.3) is 0 Å². The second-order valence-electron chi connectivity index (χ2n) is 5.70. The highest BCUT2D eigenvalue weighted by atomic mass is 16.2. The number of amides is 1. The third-order valence-electron chi connectivity index (χ3n) is 3.79. The summed E-state index contributed by atoms with van der Waals surface area (Å²) in [5.74, 6) is 0.814. The van der Waals surface area contributed by atoms with Gasteiger partial charge in [0.15, 0.2) is 5.78 Å². The molecule has 4 nitrogen and oxygen atoms in total. The second-order valence-corrected chi connectivity index (χ2v) is 5.70. The van der Waals surface area contributed by atoms with Crippen LogP contribution in [-0.2, 0) is 9.59 Å². The molecule has 1 amide bonds. The highest BCUT2D eigenvalue weighted by Gasteiger charge is 2.26. The average Bonchev–Trinajstić information content (AvgIpc) is 3.19. The molecule has 20 heavy (non-hydrogen) atoms. The Labute approximate surface area is 122 Å². The lowest BCUT2D eigenvalue weighted by Crippen LogP contribution is -2.47. The molecule has 0 aliphatic heterocycles. The van der Waals surface area contributed by atoms with Crippen LogP contribution in [0, 0.1) is 5.92 Å². The molecule has 1 aliphatic rings. The van der Waals surface area contributed by atoms with Crippen LogP contribution in [0.5, 0.6) is 0 Å². The van der Waals surface area contributed by atoms with Crippen molar-refractivity contribution in [2.24, 2.45) is 5.92 Å². The first-order valence-corrected chi connectivity index (χ1v) is 7.71. The molecule has 0 saturated heterocycles. The lowest BCUT2D eigenvalue weighted by atomic mass is 10.1. The van der Waals surface area contributed by atoms with E-state index in [2.05, 4.69) is 11.9 Å². The second kappa shape index (κ2) is 8.08. The largest absolute Gasteiger partial charge is 0.380 e. The summed E-state index contributed by atoms with van der Waals surface area (Å²) in [7, 11) is 0. The smallest absolute Gasteiger partial charge is 0.242 e. The van der Waals surface area contributed by atoms with Crippen molar-refractivity contribution in [2.75, 3.05) is 13.1 Å². The highest BCUT2D eigenvalue weighted by Crippen LogP contribution is 2.33. The molecule has 0 aromatic carbocycles. The minimum atomic E-state index is -0.281. The molecule has 1 aliphatic carbocycles. The Morgan fingerprint density at radius 2 is 2.00 bits per heavy atom. The van der Waals surface area contributed by atoms with Crippen LogP contribution >= 0.6 is 0 Å². The molecule has 1 fully saturated rings. The maximum Gasteiger partial charge on any atom is 0.242 e. The Hall–Kier alpha value is -1.32. The molecule has 4 heteroatoms. The van der Waals surface area contributed by atoms with Gasteiger partial charge >= 0.3 is 0 Å². The van der Waals surface area contributed by atoms with Gasteiger partial charge in [0, 0.05) is 12.2 Å². The van der Waals surface area contributed by atoms with Gasteiger partial charge in [0.2, 0.25) is 5.91 Å². The number of carbonyl (C=O) groups is 2. The molecule has 1 saturated carbocycles. The van der Waals surface area contributed by atoms with Gasteiger partial charge in [-0.05, 0) is 45.4 Å². The number of hydrogen-bond acceptors (Lipinski definition) is 3. The van der Waals surface area contributed by atoms with E-state index in [0.29, 0.717) is 6.54 Å². The van der Waals surface area contributed by atoms with Gasteiger partial charge in [-0.3, -0.25) is 9.59 Å². The van der Waals surface area contributed by atoms with E-state index in [1.165, 1.54) is 12.8 Å². The van der Waals surface area contributed by atoms with Gasteiger partial charge in [-0.15, -0.1) is 0 Å². The van der Waals surface area contributed by atoms with Gasteiger partial charge < -0.3 is 10.2 Å². The third-order valence-corrected chi connectivity index (χ3v) is 3.79. The van der Waals surface area contributed by atoms with Crippen molar-refractivity contribution in [1.82, 2.24) is 10.2 Å². The van der Waals surface area contributed by atoms with E-state index in [1.54, 1.807) is 11.8 Å². The monoisotopic (exact) mass is 280 g/mol. The van der Waals surface area contributed by atoms with Crippen LogP contribution in [0.2, 0.25) is 0 Å². The molecular formula is C16H28N2O2. The minimum Gasteiger partial charge on any atom is -0.380 e. The molecule has 0 heterocycles. The predicted molar refractivity (Wildman–Crippen MR) is 81.2 cm³/mol. The fourth-order valence-corrected chi connectivity index (χ4v) is 2.47. The zero-order valence-electron chi connectivity index (χ0n) is 13.1. The number of rotatable bonds is 10. The molecule has 114 valence electrons. The molecule has 1 rings (SSSR count). The summed E-state index contributed by atoms with van der Waals surface area (Å²) in [5, 5.41) is 3.11. The molecule has 1 atom stereocenters. The number of Topliss-reactive ketones (excluding diaryl/α,β-unsaturated/α-hetero) is 1. The van der Waals surface area contributed by atoms with Crippen molar-refractivity contribution in [3.8, 4) is 0 Å². The average molecular weight is 280 g/mol. The van der Waals surface area contributed by atoms with E-state index in [4.69, 9.17) is 0 Å². The molecule has 0 unspecified atom stereocenters. The van der Waals surface area contributed by atoms with Crippen molar-refractivity contribution in [1.29, 1.82) is 0 Å². The Bertz CT molecular complexity index is 361. The number of carbonyl (C=O) groups excluding carboxylic acids is 2. The number of nitrogens with one attached hydrogen (secondary N) is 1. The van der Waals surface area contributed by atoms with Crippen LogP contribution in [0.4, 0.5) is 0 Å². The first kappa shape index (κ1) is 16.7. The Morgan fingerprint density at radius 3 is 2.45 bits per heavy atom. The maximum atomic E-state index is 12.3. The van der Waals surface area contributed by atoms with Crippen molar-refractivity contribution in [3.63, 3.8) is 0 Å². The van der Waals surface area contributed by atoms with Gasteiger partial charge in [0.25, 0.3) is 0 Å². The van der Waals surface area contributed by atoms with Crippen LogP contribution in [0.1, 0.15) is 52.9 Å². The molecule has 0 aromatic rings. The summed E-state index contributed by atoms with van der Waals surface area (Å²) in [6.45, 7) is 10.3. The molecule has 0 radical (unpaired) electrons. The van der Waals surface area contributed by atoms with Gasteiger partial charge in [0.1, 0.15) is 0 Å². The summed E-state index contributed by atoms with van der Waals surface area (Å²) in [5.41, 5.74) is 0.937. The normalized spacial score (nSPS) is 15.6. The molecule has 0 spiro atoms. The van der Waals surface area contributed by atoms with E-state index in [1.807, 2.05) is 13.8 Å². The van der Waals surface area contributed by atoms with Gasteiger partial charge in [-0.1, -0.05) is 19.9 Å². The lowest BCUT2D eigenvalue weighted by Gasteiger charge is -2.29. The zero-order valence-corrected chi connectivity index (χ0v) is 13.1. The van der Waals surface area contributed by atoms with Crippen LogP contribution in [0.3, 0.4) is 0 Å². The molecular weight excluding hydrogens is 252 g/mol. The first-order chi connectivity index (χ1) is 9.49. The SMILES string of the molecule is C=C(CC1CC1)NCC(=O)N(CC)[C@@H](CCC)C(C)=O. The number of nitrogens with zero attached hydrogens (tertiary/aromatic N) is 1. The molecule has 0 aromatic heterocycles. The fourth-order valence-electron chi connectivity index (χ4n) is 2.47. The highest BCUT2D eigenvalue weighted by molar-refractivity contribution is 5.88. The summed E-state index contributed by atoms with van der Waals surface area (Å²) in [6, 6.07) is -0.281. The molecule has 1 N–H and O–H groups in total. The number of likely N-dealkylation sites (N-methyl/N-ethyl adjacent to an activating group) is 1. The summed E-state index contributed by atoms with van der Waals surface area (Å²) < 4.78 is 0. The minimum absolute atomic E-state index is 0.0157. The number of hydrogen-bond donors (Lipinski definition) is 1. The Morgan fingerprint density at radius 1 is 1.35 bits per heavy atom. The van der Waals surface area contributed by atoms with Crippen molar-refractivity contribution < 1.29 is 9.59 Å². The maximum absolute atomic E-state index is 12.3. The topological polar surface area (TPSA) is 49.4 Å². The van der Waals surface area contributed by atoms with Gasteiger partial charge in [-0.25, -0.2) is 0 Å². The predicted octanol–water partition coefficient (Wildman–Crippen LogP) is 2.50. The third kappa shape index (κ3) is 5.35. The van der Waals surface area contributed by atoms with Crippen molar-refractivity contribution >= 4 is 11.7 Å².